The maximum Gasteiger partial charge on any atom is 0.326 e. The van der Waals surface area contributed by atoms with Crippen molar-refractivity contribution in [1.82, 2.24) is 16.0 Å². The third-order valence-corrected chi connectivity index (χ3v) is 3.41. The van der Waals surface area contributed by atoms with Crippen LogP contribution in [0, 0.1) is 0 Å². The summed E-state index contributed by atoms with van der Waals surface area (Å²) in [4.78, 5) is 69.1. The Morgan fingerprint density at radius 1 is 0.690 bits per heavy atom. The molecule has 0 rings (SSSR count). The quantitative estimate of drug-likeness (QED) is 0.136. The molecule has 0 radical (unpaired) electrons. The van der Waals surface area contributed by atoms with Gasteiger partial charge in [-0.25, -0.2) is 4.79 Å². The van der Waals surface area contributed by atoms with Crippen LogP contribution in [-0.2, 0) is 28.8 Å². The minimum absolute atomic E-state index is 0.699. The third-order valence-electron chi connectivity index (χ3n) is 3.41. The number of hydrogen-bond acceptors (Lipinski definition) is 9. The van der Waals surface area contributed by atoms with Crippen LogP contribution in [0.15, 0.2) is 0 Å². The Kier molecular flexibility index (Phi) is 10.8. The number of aliphatic hydroxyl groups excluding tert-OH is 2. The number of carbonyl (C=O) groups excluding carboxylic acids is 5. The summed E-state index contributed by atoms with van der Waals surface area (Å²) in [6.45, 7) is -1.75. The van der Waals surface area contributed by atoms with Crippen LogP contribution in [0.3, 0.4) is 0 Å². The van der Waals surface area contributed by atoms with Crippen LogP contribution in [0.4, 0.5) is 0 Å². The lowest BCUT2D eigenvalue weighted by Gasteiger charge is -2.23. The Morgan fingerprint density at radius 3 is 1.52 bits per heavy atom. The molecule has 164 valence electrons. The summed E-state index contributed by atoms with van der Waals surface area (Å²) in [6, 6.07) is -6.41. The summed E-state index contributed by atoms with van der Waals surface area (Å²) < 4.78 is 0. The summed E-state index contributed by atoms with van der Waals surface area (Å²) in [7, 11) is 0. The molecule has 4 atom stereocenters. The Labute approximate surface area is 164 Å². The number of rotatable bonds is 13. The topological polar surface area (TPSA) is 277 Å². The molecule has 29 heavy (non-hydrogen) atoms. The van der Waals surface area contributed by atoms with E-state index in [2.05, 4.69) is 0 Å². The molecule has 0 aromatic carbocycles. The first kappa shape index (κ1) is 25.7. The maximum absolute atomic E-state index is 12.3. The van der Waals surface area contributed by atoms with Gasteiger partial charge in [-0.1, -0.05) is 0 Å². The highest BCUT2D eigenvalue weighted by Crippen LogP contribution is 1.98. The molecule has 15 nitrogen and oxygen atoms in total. The van der Waals surface area contributed by atoms with Crippen molar-refractivity contribution in [2.75, 3.05) is 13.2 Å². The molecule has 0 spiro atoms. The predicted octanol–water partition coefficient (Wildman–Crippen LogP) is -6.41. The minimum Gasteiger partial charge on any atom is -0.480 e. The number of carboxylic acid groups (broad SMARTS) is 1. The molecule has 0 aliphatic rings. The molecule has 0 saturated carbocycles. The monoisotopic (exact) mass is 420 g/mol. The van der Waals surface area contributed by atoms with Gasteiger partial charge in [0.2, 0.25) is 29.5 Å². The van der Waals surface area contributed by atoms with Crippen molar-refractivity contribution >= 4 is 35.5 Å². The van der Waals surface area contributed by atoms with Gasteiger partial charge in [0.15, 0.2) is 0 Å². The lowest BCUT2D eigenvalue weighted by molar-refractivity contribution is -0.144. The number of hydrogen-bond donors (Lipinski definition) is 9. The fourth-order valence-electron chi connectivity index (χ4n) is 1.91. The second-order valence-electron chi connectivity index (χ2n) is 5.83. The summed E-state index contributed by atoms with van der Waals surface area (Å²) in [6.07, 6.45) is -1.44. The van der Waals surface area contributed by atoms with Crippen LogP contribution in [0.1, 0.15) is 12.8 Å². The summed E-state index contributed by atoms with van der Waals surface area (Å²) in [5.74, 6) is -6.90. The summed E-state index contributed by atoms with van der Waals surface area (Å²) >= 11 is 0. The largest absolute Gasteiger partial charge is 0.480 e. The number of nitrogens with one attached hydrogen (secondary N) is 3. The zero-order valence-electron chi connectivity index (χ0n) is 15.2. The van der Waals surface area contributed by atoms with Gasteiger partial charge < -0.3 is 48.5 Å². The van der Waals surface area contributed by atoms with E-state index in [-0.39, 0.29) is 0 Å². The lowest BCUT2D eigenvalue weighted by Crippen LogP contribution is -2.59. The average Bonchev–Trinajstić information content (AvgIpc) is 2.62. The highest BCUT2D eigenvalue weighted by molar-refractivity contribution is 5.96. The fraction of sp³-hybridized carbons (Fsp3) is 0.571. The first-order valence-electron chi connectivity index (χ1n) is 8.10. The van der Waals surface area contributed by atoms with Crippen LogP contribution in [0.2, 0.25) is 0 Å². The molecular formula is C14H24N6O9. The molecule has 5 amide bonds. The van der Waals surface area contributed by atoms with Gasteiger partial charge in [-0.2, -0.15) is 0 Å². The number of primary amides is 2. The highest BCUT2D eigenvalue weighted by atomic mass is 16.4. The molecule has 0 aromatic rings. The van der Waals surface area contributed by atoms with Gasteiger partial charge in [-0.05, 0) is 0 Å². The van der Waals surface area contributed by atoms with Gasteiger partial charge in [0.05, 0.1) is 26.1 Å². The molecule has 0 aromatic heterocycles. The number of nitrogens with two attached hydrogens (primary N) is 3. The first-order chi connectivity index (χ1) is 13.4. The second-order valence-corrected chi connectivity index (χ2v) is 5.83. The number of aliphatic carboxylic acids is 1. The van der Waals surface area contributed by atoms with E-state index in [1.807, 2.05) is 16.0 Å². The zero-order chi connectivity index (χ0) is 22.7. The van der Waals surface area contributed by atoms with E-state index in [0.717, 1.165) is 0 Å². The van der Waals surface area contributed by atoms with Crippen molar-refractivity contribution in [3.63, 3.8) is 0 Å². The van der Waals surface area contributed by atoms with E-state index in [9.17, 15) is 33.9 Å². The number of aliphatic hydroxyl groups is 2. The Balaban J connectivity index is 5.23. The smallest absolute Gasteiger partial charge is 0.326 e. The van der Waals surface area contributed by atoms with Crippen LogP contribution in [-0.4, -0.2) is 88.2 Å². The van der Waals surface area contributed by atoms with Gasteiger partial charge in [0.25, 0.3) is 0 Å². The van der Waals surface area contributed by atoms with Crippen molar-refractivity contribution in [3.8, 4) is 0 Å². The maximum atomic E-state index is 12.3. The molecule has 0 heterocycles. The SMILES string of the molecule is NC(=O)C[C@H](NC(=O)[C@H](CO)NC(=O)[C@H](CC(N)=O)NC(=O)[C@@H](N)CO)C(=O)O. The van der Waals surface area contributed by atoms with E-state index < -0.39 is 85.7 Å². The van der Waals surface area contributed by atoms with Crippen molar-refractivity contribution < 1.29 is 44.1 Å². The van der Waals surface area contributed by atoms with E-state index in [0.29, 0.717) is 0 Å². The van der Waals surface area contributed by atoms with Crippen molar-refractivity contribution in [1.29, 1.82) is 0 Å². The molecular weight excluding hydrogens is 396 g/mol. The van der Waals surface area contributed by atoms with Gasteiger partial charge in [-0.15, -0.1) is 0 Å². The Hall–Kier alpha value is -3.30. The molecule has 0 unspecified atom stereocenters. The van der Waals surface area contributed by atoms with Crippen molar-refractivity contribution in [3.05, 3.63) is 0 Å². The number of amides is 5. The number of carboxylic acids is 1. The van der Waals surface area contributed by atoms with Gasteiger partial charge in [0, 0.05) is 0 Å². The molecule has 12 N–H and O–H groups in total. The van der Waals surface area contributed by atoms with Crippen LogP contribution in [0.5, 0.6) is 0 Å². The average molecular weight is 420 g/mol. The van der Waals surface area contributed by atoms with Crippen molar-refractivity contribution in [2.24, 2.45) is 17.2 Å². The molecule has 0 aliphatic heterocycles. The van der Waals surface area contributed by atoms with Crippen LogP contribution < -0.4 is 33.2 Å². The molecule has 0 bridgehead atoms. The summed E-state index contributed by atoms with van der Waals surface area (Å²) in [5, 5.41) is 33.1. The Morgan fingerprint density at radius 2 is 1.10 bits per heavy atom. The predicted molar refractivity (Wildman–Crippen MR) is 93.2 cm³/mol. The van der Waals surface area contributed by atoms with Crippen LogP contribution in [0.25, 0.3) is 0 Å². The molecule has 0 saturated heterocycles. The fourth-order valence-corrected chi connectivity index (χ4v) is 1.91. The van der Waals surface area contributed by atoms with Gasteiger partial charge >= 0.3 is 5.97 Å². The molecule has 0 aliphatic carbocycles. The normalized spacial score (nSPS) is 14.6. The number of carbonyl (C=O) groups is 6. The second kappa shape index (κ2) is 12.2. The first-order valence-corrected chi connectivity index (χ1v) is 8.10. The third kappa shape index (κ3) is 9.45. The van der Waals surface area contributed by atoms with E-state index >= 15 is 0 Å². The minimum atomic E-state index is -1.71. The van der Waals surface area contributed by atoms with E-state index in [1.54, 1.807) is 0 Å². The standard InChI is InChI=1S/C14H24N6O9/c15-5(3-21)11(25)18-6(1-9(16)23)12(26)20-8(4-22)13(27)19-7(14(28)29)2-10(17)24/h5-8,21-22H,1-4,15H2,(H2,16,23)(H2,17,24)(H,18,25)(H,19,27)(H,20,26)(H,28,29)/t5-,6-,7-,8-/m0/s1. The van der Waals surface area contributed by atoms with Crippen molar-refractivity contribution in [2.45, 2.75) is 37.0 Å². The van der Waals surface area contributed by atoms with E-state index in [1.165, 1.54) is 0 Å². The Bertz CT molecular complexity index is 655. The summed E-state index contributed by atoms with van der Waals surface area (Å²) in [5.41, 5.74) is 15.2. The van der Waals surface area contributed by atoms with Gasteiger partial charge in [0.1, 0.15) is 24.2 Å². The van der Waals surface area contributed by atoms with Gasteiger partial charge in [-0.3, -0.25) is 24.0 Å². The molecule has 0 fully saturated rings. The zero-order valence-corrected chi connectivity index (χ0v) is 15.2. The highest BCUT2D eigenvalue weighted by Gasteiger charge is 2.31. The van der Waals surface area contributed by atoms with Crippen LogP contribution >= 0.6 is 0 Å². The van der Waals surface area contributed by atoms with E-state index in [4.69, 9.17) is 27.4 Å². The molecule has 15 heteroatoms. The lowest BCUT2D eigenvalue weighted by atomic mass is 10.1.